The molecule has 0 fully saturated rings. The average Bonchev–Trinajstić information content (AvgIpc) is 3.04. The van der Waals surface area contributed by atoms with Gasteiger partial charge in [-0.2, -0.15) is 0 Å². The Morgan fingerprint density at radius 3 is 1.00 bits per heavy atom. The van der Waals surface area contributed by atoms with Gasteiger partial charge in [-0.25, -0.2) is 9.80 Å². The van der Waals surface area contributed by atoms with Crippen molar-refractivity contribution in [1.82, 2.24) is 0 Å². The highest BCUT2D eigenvalue weighted by molar-refractivity contribution is 6.34. The summed E-state index contributed by atoms with van der Waals surface area (Å²) in [7, 11) is 0. The Balaban J connectivity index is 2.36. The van der Waals surface area contributed by atoms with Gasteiger partial charge in [0.25, 0.3) is 23.6 Å². The van der Waals surface area contributed by atoms with Crippen molar-refractivity contribution in [3.05, 3.63) is 46.6 Å². The second-order valence-corrected chi connectivity index (χ2v) is 5.89. The number of carbonyl (C=O) groups excluding carboxylic acids is 4. The normalized spacial score (nSPS) is 17.0. The first-order valence-electron chi connectivity index (χ1n) is 7.48. The van der Waals surface area contributed by atoms with E-state index in [9.17, 15) is 19.2 Å². The third-order valence-electron chi connectivity index (χ3n) is 4.69. The number of amides is 4. The van der Waals surface area contributed by atoms with Crippen molar-refractivity contribution in [1.29, 1.82) is 0 Å². The first-order valence-corrected chi connectivity index (χ1v) is 7.48. The van der Waals surface area contributed by atoms with Gasteiger partial charge in [0.2, 0.25) is 0 Å². The number of hydrogen-bond acceptors (Lipinski definition) is 4. The van der Waals surface area contributed by atoms with E-state index in [-0.39, 0.29) is 0 Å². The molecule has 0 bridgehead atoms. The summed E-state index contributed by atoms with van der Waals surface area (Å²) in [5.41, 5.74) is 3.77. The lowest BCUT2D eigenvalue weighted by molar-refractivity contribution is -0.122. The monoisotopic (exact) mass is 324 g/mol. The maximum atomic E-state index is 12.2. The largest absolute Gasteiger partial charge is 0.269 e. The van der Waals surface area contributed by atoms with E-state index in [2.05, 4.69) is 0 Å². The Kier molecular flexibility index (Phi) is 3.48. The van der Waals surface area contributed by atoms with Crippen LogP contribution in [0.3, 0.4) is 0 Å². The van der Waals surface area contributed by atoms with E-state index >= 15 is 0 Å². The average molecular weight is 324 g/mol. The number of anilines is 2. The van der Waals surface area contributed by atoms with E-state index in [1.807, 2.05) is 13.8 Å². The van der Waals surface area contributed by atoms with Gasteiger partial charge in [-0.3, -0.25) is 19.2 Å². The van der Waals surface area contributed by atoms with Crippen LogP contribution in [0.1, 0.15) is 22.3 Å². The lowest BCUT2D eigenvalue weighted by Crippen LogP contribution is -2.36. The first kappa shape index (κ1) is 15.9. The molecule has 1 aromatic rings. The molecule has 0 radical (unpaired) electrons. The summed E-state index contributed by atoms with van der Waals surface area (Å²) in [6.45, 7) is 7.32. The van der Waals surface area contributed by atoms with Crippen LogP contribution in [-0.4, -0.2) is 23.6 Å². The van der Waals surface area contributed by atoms with Crippen LogP contribution in [0.5, 0.6) is 0 Å². The molecule has 0 N–H and O–H groups in total. The number of benzene rings is 1. The summed E-state index contributed by atoms with van der Waals surface area (Å²) in [4.78, 5) is 50.8. The molecule has 24 heavy (non-hydrogen) atoms. The molecule has 0 saturated heterocycles. The predicted octanol–water partition coefficient (Wildman–Crippen LogP) is 1.78. The van der Waals surface area contributed by atoms with Crippen LogP contribution in [-0.2, 0) is 19.2 Å². The Morgan fingerprint density at radius 1 is 0.500 bits per heavy atom. The van der Waals surface area contributed by atoms with E-state index in [0.29, 0.717) is 22.5 Å². The van der Waals surface area contributed by atoms with E-state index in [0.717, 1.165) is 20.9 Å². The topological polar surface area (TPSA) is 74.8 Å². The standard InChI is InChI=1S/C18H16N2O4/c1-9-10(2)12(4)18(20-15(23)7-8-16(20)24)17(11(9)3)19-13(21)5-6-14(19)22/h5-8H,1-4H3. The highest BCUT2D eigenvalue weighted by Crippen LogP contribution is 2.42. The van der Waals surface area contributed by atoms with Crippen LogP contribution in [0, 0.1) is 27.7 Å². The van der Waals surface area contributed by atoms with E-state index in [4.69, 9.17) is 0 Å². The minimum Gasteiger partial charge on any atom is -0.269 e. The summed E-state index contributed by atoms with van der Waals surface area (Å²) >= 11 is 0. The molecule has 3 rings (SSSR count). The molecule has 0 aromatic heterocycles. The van der Waals surface area contributed by atoms with Crippen molar-refractivity contribution in [2.75, 3.05) is 9.80 Å². The molecule has 2 heterocycles. The number of hydrogen-bond donors (Lipinski definition) is 0. The molecule has 0 unspecified atom stereocenters. The molecule has 4 amide bonds. The van der Waals surface area contributed by atoms with Crippen molar-refractivity contribution in [3.8, 4) is 0 Å². The summed E-state index contributed by atoms with van der Waals surface area (Å²) in [6, 6.07) is 0. The van der Waals surface area contributed by atoms with Gasteiger partial charge in [0.15, 0.2) is 0 Å². The van der Waals surface area contributed by atoms with Gasteiger partial charge in [0.1, 0.15) is 0 Å². The minimum atomic E-state index is -0.487. The molecule has 1 aromatic carbocycles. The second-order valence-electron chi connectivity index (χ2n) is 5.89. The Morgan fingerprint density at radius 2 is 0.750 bits per heavy atom. The zero-order valence-electron chi connectivity index (χ0n) is 13.8. The predicted molar refractivity (Wildman–Crippen MR) is 88.7 cm³/mol. The van der Waals surface area contributed by atoms with Crippen molar-refractivity contribution >= 4 is 35.0 Å². The first-order chi connectivity index (χ1) is 11.3. The molecule has 0 saturated carbocycles. The number of imide groups is 2. The molecule has 2 aliphatic heterocycles. The van der Waals surface area contributed by atoms with Gasteiger partial charge in [-0.05, 0) is 49.9 Å². The zero-order valence-corrected chi connectivity index (χ0v) is 13.8. The van der Waals surface area contributed by atoms with E-state index in [1.54, 1.807) is 13.8 Å². The maximum Gasteiger partial charge on any atom is 0.258 e. The van der Waals surface area contributed by atoms with Gasteiger partial charge < -0.3 is 0 Å². The van der Waals surface area contributed by atoms with Crippen LogP contribution < -0.4 is 9.80 Å². The SMILES string of the molecule is Cc1c(C)c(C)c(N2C(=O)C=CC2=O)c(N2C(=O)C=CC2=O)c1C. The summed E-state index contributed by atoms with van der Waals surface area (Å²) < 4.78 is 0. The van der Waals surface area contributed by atoms with Crippen molar-refractivity contribution < 1.29 is 19.2 Å². The summed E-state index contributed by atoms with van der Waals surface area (Å²) in [5.74, 6) is -1.95. The van der Waals surface area contributed by atoms with Crippen LogP contribution in [0.15, 0.2) is 24.3 Å². The molecular formula is C18H16N2O4. The van der Waals surface area contributed by atoms with Crippen LogP contribution in [0.4, 0.5) is 11.4 Å². The summed E-state index contributed by atoms with van der Waals surface area (Å²) in [6.07, 6.45) is 4.73. The van der Waals surface area contributed by atoms with Crippen molar-refractivity contribution in [2.45, 2.75) is 27.7 Å². The smallest absolute Gasteiger partial charge is 0.258 e. The van der Waals surface area contributed by atoms with Crippen LogP contribution >= 0.6 is 0 Å². The molecule has 6 heteroatoms. The van der Waals surface area contributed by atoms with Gasteiger partial charge in [-0.15, -0.1) is 0 Å². The van der Waals surface area contributed by atoms with Crippen LogP contribution in [0.25, 0.3) is 0 Å². The minimum absolute atomic E-state index is 0.293. The fourth-order valence-electron chi connectivity index (χ4n) is 3.06. The van der Waals surface area contributed by atoms with E-state index < -0.39 is 23.6 Å². The van der Waals surface area contributed by atoms with Gasteiger partial charge in [0.05, 0.1) is 11.4 Å². The van der Waals surface area contributed by atoms with Gasteiger partial charge in [0, 0.05) is 24.3 Å². The molecule has 0 atom stereocenters. The zero-order chi connectivity index (χ0) is 17.8. The highest BCUT2D eigenvalue weighted by atomic mass is 16.2. The van der Waals surface area contributed by atoms with Crippen molar-refractivity contribution in [3.63, 3.8) is 0 Å². The molecule has 0 aliphatic carbocycles. The Labute approximate surface area is 139 Å². The van der Waals surface area contributed by atoms with Crippen LogP contribution in [0.2, 0.25) is 0 Å². The van der Waals surface area contributed by atoms with Gasteiger partial charge >= 0.3 is 0 Å². The lowest BCUT2D eigenvalue weighted by Gasteiger charge is -2.29. The Bertz CT molecular complexity index is 784. The Hall–Kier alpha value is -3.02. The lowest BCUT2D eigenvalue weighted by atomic mass is 9.94. The molecule has 122 valence electrons. The fourth-order valence-corrected chi connectivity index (χ4v) is 3.06. The third kappa shape index (κ3) is 2.03. The molecule has 2 aliphatic rings. The molecule has 6 nitrogen and oxygen atoms in total. The van der Waals surface area contributed by atoms with Crippen molar-refractivity contribution in [2.24, 2.45) is 0 Å². The second kappa shape index (κ2) is 5.26. The molecule has 0 spiro atoms. The molecular weight excluding hydrogens is 308 g/mol. The highest BCUT2D eigenvalue weighted by Gasteiger charge is 2.36. The number of rotatable bonds is 2. The van der Waals surface area contributed by atoms with E-state index in [1.165, 1.54) is 24.3 Å². The summed E-state index contributed by atoms with van der Waals surface area (Å²) in [5, 5.41) is 0. The third-order valence-corrected chi connectivity index (χ3v) is 4.69. The quantitative estimate of drug-likeness (QED) is 0.777. The van der Waals surface area contributed by atoms with Gasteiger partial charge in [-0.1, -0.05) is 0 Å². The maximum absolute atomic E-state index is 12.2. The number of nitrogens with zero attached hydrogens (tertiary/aromatic N) is 2. The fraction of sp³-hybridized carbons (Fsp3) is 0.222. The number of carbonyl (C=O) groups is 4.